The minimum atomic E-state index is 0.368. The van der Waals surface area contributed by atoms with E-state index < -0.39 is 0 Å². The first-order valence-corrected chi connectivity index (χ1v) is 9.82. The molecule has 1 saturated heterocycles. The highest BCUT2D eigenvalue weighted by Gasteiger charge is 2.21. The molecule has 0 unspecified atom stereocenters. The van der Waals surface area contributed by atoms with E-state index in [0.29, 0.717) is 5.75 Å². The second-order valence-corrected chi connectivity index (χ2v) is 7.88. The van der Waals surface area contributed by atoms with E-state index in [2.05, 4.69) is 4.90 Å². The standard InChI is InChI=1S/C18H20Cl2N2OS/c19-14-5-6-15(20)18(13-14)24-12-11-21-7-9-22(10-8-21)16-3-1-2-4-17(16)23/h1-6,13,23H,7-12H2/p+1. The number of nitrogens with one attached hydrogen (secondary N) is 1. The van der Waals surface area contributed by atoms with Crippen LogP contribution in [0.1, 0.15) is 0 Å². The number of para-hydroxylation sites is 2. The number of rotatable bonds is 5. The summed E-state index contributed by atoms with van der Waals surface area (Å²) < 4.78 is 0. The molecule has 2 N–H and O–H groups in total. The average molecular weight is 384 g/mol. The van der Waals surface area contributed by atoms with Gasteiger partial charge < -0.3 is 14.9 Å². The number of halogens is 2. The van der Waals surface area contributed by atoms with Crippen molar-refractivity contribution in [1.82, 2.24) is 0 Å². The van der Waals surface area contributed by atoms with E-state index in [1.807, 2.05) is 36.4 Å². The van der Waals surface area contributed by atoms with Crippen molar-refractivity contribution in [3.63, 3.8) is 0 Å². The molecular formula is C18H21Cl2N2OS+. The number of thioether (sulfide) groups is 1. The topological polar surface area (TPSA) is 27.9 Å². The molecule has 3 rings (SSSR count). The third kappa shape index (κ3) is 4.51. The Morgan fingerprint density at radius 3 is 2.58 bits per heavy atom. The van der Waals surface area contributed by atoms with Crippen LogP contribution in [0.4, 0.5) is 5.69 Å². The molecule has 1 fully saturated rings. The number of aromatic hydroxyl groups is 1. The summed E-state index contributed by atoms with van der Waals surface area (Å²) in [6.45, 7) is 5.20. The molecule has 6 heteroatoms. The summed E-state index contributed by atoms with van der Waals surface area (Å²) in [4.78, 5) is 4.91. The lowest BCUT2D eigenvalue weighted by atomic mass is 10.2. The number of phenols is 1. The molecule has 24 heavy (non-hydrogen) atoms. The third-order valence-corrected chi connectivity index (χ3v) is 6.03. The Morgan fingerprint density at radius 2 is 1.83 bits per heavy atom. The van der Waals surface area contributed by atoms with Crippen LogP contribution < -0.4 is 9.80 Å². The number of anilines is 1. The molecule has 1 heterocycles. The van der Waals surface area contributed by atoms with E-state index in [9.17, 15) is 5.11 Å². The fourth-order valence-corrected chi connectivity index (χ4v) is 4.48. The van der Waals surface area contributed by atoms with Crippen molar-refractivity contribution in [1.29, 1.82) is 0 Å². The van der Waals surface area contributed by atoms with Gasteiger partial charge in [0.25, 0.3) is 0 Å². The molecule has 0 atom stereocenters. The predicted octanol–water partition coefficient (Wildman–Crippen LogP) is 3.20. The molecule has 2 aromatic carbocycles. The molecule has 0 bridgehead atoms. The van der Waals surface area contributed by atoms with Gasteiger partial charge in [0.05, 0.1) is 43.4 Å². The van der Waals surface area contributed by atoms with Crippen molar-refractivity contribution < 1.29 is 10.0 Å². The summed E-state index contributed by atoms with van der Waals surface area (Å²) >= 11 is 14.0. The Kier molecular flexibility index (Phi) is 6.17. The van der Waals surface area contributed by atoms with E-state index in [0.717, 1.165) is 59.1 Å². The van der Waals surface area contributed by atoms with E-state index in [4.69, 9.17) is 23.2 Å². The summed E-state index contributed by atoms with van der Waals surface area (Å²) in [7, 11) is 0. The van der Waals surface area contributed by atoms with Crippen molar-refractivity contribution in [3.8, 4) is 5.75 Å². The van der Waals surface area contributed by atoms with Gasteiger partial charge in [-0.15, -0.1) is 11.8 Å². The van der Waals surface area contributed by atoms with Crippen molar-refractivity contribution in [3.05, 3.63) is 52.5 Å². The molecule has 3 nitrogen and oxygen atoms in total. The van der Waals surface area contributed by atoms with Crippen LogP contribution in [0.15, 0.2) is 47.4 Å². The largest absolute Gasteiger partial charge is 0.506 e. The van der Waals surface area contributed by atoms with Gasteiger partial charge in [0, 0.05) is 15.7 Å². The number of hydrogen-bond acceptors (Lipinski definition) is 3. The number of hydrogen-bond donors (Lipinski definition) is 2. The van der Waals surface area contributed by atoms with Crippen molar-refractivity contribution in [2.24, 2.45) is 0 Å². The average Bonchev–Trinajstić information content (AvgIpc) is 2.59. The highest BCUT2D eigenvalue weighted by Crippen LogP contribution is 2.29. The monoisotopic (exact) mass is 383 g/mol. The van der Waals surface area contributed by atoms with Gasteiger partial charge in [-0.05, 0) is 30.3 Å². The second kappa shape index (κ2) is 8.34. The summed E-state index contributed by atoms with van der Waals surface area (Å²) in [5.74, 6) is 1.39. The molecule has 0 aromatic heterocycles. The lowest BCUT2D eigenvalue weighted by molar-refractivity contribution is -0.898. The molecule has 1 aliphatic heterocycles. The molecule has 0 saturated carbocycles. The van der Waals surface area contributed by atoms with E-state index in [1.165, 1.54) is 0 Å². The molecule has 0 radical (unpaired) electrons. The second-order valence-electron chi connectivity index (χ2n) is 5.90. The van der Waals surface area contributed by atoms with Crippen LogP contribution in [0.3, 0.4) is 0 Å². The van der Waals surface area contributed by atoms with Gasteiger partial charge in [-0.2, -0.15) is 0 Å². The van der Waals surface area contributed by atoms with Gasteiger partial charge in [0.2, 0.25) is 0 Å². The maximum atomic E-state index is 9.97. The van der Waals surface area contributed by atoms with Gasteiger partial charge in [0.15, 0.2) is 0 Å². The lowest BCUT2D eigenvalue weighted by Gasteiger charge is -2.33. The van der Waals surface area contributed by atoms with Gasteiger partial charge in [-0.3, -0.25) is 0 Å². The van der Waals surface area contributed by atoms with Crippen molar-refractivity contribution in [2.75, 3.05) is 43.4 Å². The highest BCUT2D eigenvalue weighted by atomic mass is 35.5. The minimum absolute atomic E-state index is 0.368. The number of piperazine rings is 1. The van der Waals surface area contributed by atoms with Gasteiger partial charge in [-0.25, -0.2) is 0 Å². The minimum Gasteiger partial charge on any atom is -0.506 e. The van der Waals surface area contributed by atoms with Crippen LogP contribution >= 0.6 is 35.0 Å². The van der Waals surface area contributed by atoms with Crippen LogP contribution in [-0.4, -0.2) is 43.6 Å². The number of benzene rings is 2. The Bertz CT molecular complexity index is 690. The predicted molar refractivity (Wildman–Crippen MR) is 103 cm³/mol. The Hall–Kier alpha value is -1.07. The summed E-state index contributed by atoms with van der Waals surface area (Å²) in [5, 5.41) is 11.5. The van der Waals surface area contributed by atoms with Crippen LogP contribution in [0.25, 0.3) is 0 Å². The van der Waals surface area contributed by atoms with Crippen LogP contribution in [0, 0.1) is 0 Å². The Morgan fingerprint density at radius 1 is 1.08 bits per heavy atom. The van der Waals surface area contributed by atoms with Crippen molar-refractivity contribution in [2.45, 2.75) is 4.90 Å². The summed E-state index contributed by atoms with van der Waals surface area (Å²) in [6, 6.07) is 13.2. The van der Waals surface area contributed by atoms with Crippen LogP contribution in [-0.2, 0) is 0 Å². The molecule has 0 aliphatic carbocycles. The van der Waals surface area contributed by atoms with Crippen LogP contribution in [0.2, 0.25) is 10.0 Å². The van der Waals surface area contributed by atoms with Gasteiger partial charge >= 0.3 is 0 Å². The Labute approximate surface area is 157 Å². The van der Waals surface area contributed by atoms with Crippen LogP contribution in [0.5, 0.6) is 5.75 Å². The van der Waals surface area contributed by atoms with E-state index >= 15 is 0 Å². The first kappa shape index (κ1) is 17.7. The van der Waals surface area contributed by atoms with Crippen molar-refractivity contribution >= 4 is 40.7 Å². The Balaban J connectivity index is 1.46. The SMILES string of the molecule is Oc1ccccc1N1CC[NH+](CCSc2cc(Cl)ccc2Cl)CC1. The maximum Gasteiger partial charge on any atom is 0.138 e. The number of nitrogens with zero attached hydrogens (tertiary/aromatic N) is 1. The summed E-state index contributed by atoms with van der Waals surface area (Å²) in [6.07, 6.45) is 0. The fraction of sp³-hybridized carbons (Fsp3) is 0.333. The molecule has 1 aliphatic rings. The quantitative estimate of drug-likeness (QED) is 0.776. The zero-order valence-electron chi connectivity index (χ0n) is 13.3. The molecular weight excluding hydrogens is 363 g/mol. The smallest absolute Gasteiger partial charge is 0.138 e. The number of phenolic OH excluding ortho intramolecular Hbond substituents is 1. The van der Waals surface area contributed by atoms with Gasteiger partial charge in [0.1, 0.15) is 5.75 Å². The molecule has 0 spiro atoms. The highest BCUT2D eigenvalue weighted by molar-refractivity contribution is 7.99. The molecule has 128 valence electrons. The van der Waals surface area contributed by atoms with E-state index in [1.54, 1.807) is 22.7 Å². The first-order valence-electron chi connectivity index (χ1n) is 8.08. The lowest BCUT2D eigenvalue weighted by Crippen LogP contribution is -3.15. The molecule has 2 aromatic rings. The fourth-order valence-electron chi connectivity index (χ4n) is 2.94. The normalized spacial score (nSPS) is 15.7. The van der Waals surface area contributed by atoms with E-state index in [-0.39, 0.29) is 0 Å². The third-order valence-electron chi connectivity index (χ3n) is 4.30. The van der Waals surface area contributed by atoms with Gasteiger partial charge in [-0.1, -0.05) is 35.3 Å². The number of quaternary nitrogens is 1. The zero-order chi connectivity index (χ0) is 16.9. The maximum absolute atomic E-state index is 9.97. The first-order chi connectivity index (χ1) is 11.6. The summed E-state index contributed by atoms with van der Waals surface area (Å²) in [5.41, 5.74) is 0.941. The zero-order valence-corrected chi connectivity index (χ0v) is 15.7. The molecule has 0 amide bonds.